The van der Waals surface area contributed by atoms with Gasteiger partial charge in [-0.15, -0.1) is 0 Å². The van der Waals surface area contributed by atoms with Gasteiger partial charge in [-0.05, 0) is 70.5 Å². The Balaban J connectivity index is 1.16. The number of aromatic nitrogens is 1. The number of hydrogen-bond acceptors (Lipinski definition) is 6. The molecular formula is C24H35ClN4O3. The molecule has 2 fully saturated rings. The zero-order valence-corrected chi connectivity index (χ0v) is 19.9. The van der Waals surface area contributed by atoms with Crippen LogP contribution in [0.25, 0.3) is 11.0 Å². The molecule has 2 N–H and O–H groups in total. The highest BCUT2D eigenvalue weighted by atomic mass is 35.5. The number of anilines is 1. The molecule has 1 aliphatic carbocycles. The molecule has 176 valence electrons. The molecule has 0 unspecified atom stereocenters. The Morgan fingerprint density at radius 1 is 1.22 bits per heavy atom. The zero-order chi connectivity index (χ0) is 22.7. The molecule has 4 rings (SSSR count). The van der Waals surface area contributed by atoms with Crippen LogP contribution in [0.4, 0.5) is 5.82 Å². The highest BCUT2D eigenvalue weighted by Crippen LogP contribution is 2.30. The van der Waals surface area contributed by atoms with Gasteiger partial charge < -0.3 is 19.8 Å². The van der Waals surface area contributed by atoms with Crippen molar-refractivity contribution >= 4 is 34.3 Å². The maximum absolute atomic E-state index is 12.0. The molecule has 1 saturated heterocycles. The molecular weight excluding hydrogens is 428 g/mol. The summed E-state index contributed by atoms with van der Waals surface area (Å²) >= 11 is 6.05. The van der Waals surface area contributed by atoms with Gasteiger partial charge in [0.05, 0.1) is 17.4 Å². The Morgan fingerprint density at radius 3 is 2.62 bits per heavy atom. The standard InChI is InChI=1S/C24H35ClN4O3/c1-24(2,31)16-22(30)26-19-6-3-17(4-7-19)9-10-28-11-13-29(14-12-28)23-20-8-5-18(25)15-21(20)32-27-23/h5,8,15,17,19,31H,3-4,6-7,9-14,16H2,1-2H3,(H,26,30)/t17-,19-. The number of halogens is 1. The lowest BCUT2D eigenvalue weighted by Crippen LogP contribution is -2.47. The van der Waals surface area contributed by atoms with Gasteiger partial charge in [0.25, 0.3) is 0 Å². The summed E-state index contributed by atoms with van der Waals surface area (Å²) in [6.45, 7) is 8.44. The Labute approximate surface area is 195 Å². The van der Waals surface area contributed by atoms with Gasteiger partial charge in [-0.2, -0.15) is 0 Å². The topological polar surface area (TPSA) is 81.8 Å². The summed E-state index contributed by atoms with van der Waals surface area (Å²) in [6, 6.07) is 5.95. The van der Waals surface area contributed by atoms with Gasteiger partial charge in [-0.25, -0.2) is 0 Å². The minimum atomic E-state index is -0.945. The third-order valence-electron chi connectivity index (χ3n) is 6.75. The number of carbonyl (C=O) groups excluding carboxylic acids is 1. The summed E-state index contributed by atoms with van der Waals surface area (Å²) in [5.74, 6) is 1.61. The van der Waals surface area contributed by atoms with E-state index in [-0.39, 0.29) is 18.4 Å². The Bertz CT molecular complexity index is 910. The Hall–Kier alpha value is -1.83. The van der Waals surface area contributed by atoms with Gasteiger partial charge in [0.1, 0.15) is 0 Å². The number of fused-ring (bicyclic) bond motifs is 1. The van der Waals surface area contributed by atoms with E-state index in [0.29, 0.717) is 5.02 Å². The fraction of sp³-hybridized carbons (Fsp3) is 0.667. The van der Waals surface area contributed by atoms with Crippen LogP contribution in [-0.2, 0) is 4.79 Å². The summed E-state index contributed by atoms with van der Waals surface area (Å²) in [6.07, 6.45) is 5.80. The summed E-state index contributed by atoms with van der Waals surface area (Å²) < 4.78 is 5.46. The molecule has 1 aromatic heterocycles. The van der Waals surface area contributed by atoms with E-state index in [1.165, 1.54) is 19.3 Å². The largest absolute Gasteiger partial charge is 0.390 e. The number of hydrogen-bond donors (Lipinski definition) is 2. The monoisotopic (exact) mass is 462 g/mol. The molecule has 0 radical (unpaired) electrons. The first-order valence-corrected chi connectivity index (χ1v) is 12.2. The summed E-state index contributed by atoms with van der Waals surface area (Å²) in [5, 5.41) is 18.9. The maximum atomic E-state index is 12.0. The van der Waals surface area contributed by atoms with Crippen molar-refractivity contribution in [2.45, 2.75) is 64.0 Å². The van der Waals surface area contributed by atoms with Crippen molar-refractivity contribution in [3.05, 3.63) is 23.2 Å². The molecule has 2 aliphatic rings. The predicted molar refractivity (Wildman–Crippen MR) is 127 cm³/mol. The van der Waals surface area contributed by atoms with E-state index in [9.17, 15) is 9.90 Å². The van der Waals surface area contributed by atoms with Gasteiger partial charge in [0, 0.05) is 43.3 Å². The van der Waals surface area contributed by atoms with Crippen LogP contribution in [0.5, 0.6) is 0 Å². The highest BCUT2D eigenvalue weighted by Gasteiger charge is 2.26. The lowest BCUT2D eigenvalue weighted by atomic mass is 9.84. The molecule has 1 saturated carbocycles. The Morgan fingerprint density at radius 2 is 1.94 bits per heavy atom. The summed E-state index contributed by atoms with van der Waals surface area (Å²) in [7, 11) is 0. The highest BCUT2D eigenvalue weighted by molar-refractivity contribution is 6.31. The second kappa shape index (κ2) is 9.98. The third kappa shape index (κ3) is 6.15. The van der Waals surface area contributed by atoms with Crippen molar-refractivity contribution in [2.24, 2.45) is 5.92 Å². The average Bonchev–Trinajstić information content (AvgIpc) is 3.15. The molecule has 8 heteroatoms. The Kier molecular flexibility index (Phi) is 7.27. The second-order valence-corrected chi connectivity index (χ2v) is 10.5. The van der Waals surface area contributed by atoms with Gasteiger partial charge in [0.2, 0.25) is 5.91 Å². The molecule has 1 aliphatic heterocycles. The van der Waals surface area contributed by atoms with Gasteiger partial charge >= 0.3 is 0 Å². The number of benzene rings is 1. The van der Waals surface area contributed by atoms with E-state index < -0.39 is 5.60 Å². The van der Waals surface area contributed by atoms with Crippen LogP contribution in [-0.4, -0.2) is 65.4 Å². The van der Waals surface area contributed by atoms with Crippen molar-refractivity contribution in [3.63, 3.8) is 0 Å². The number of nitrogens with one attached hydrogen (secondary N) is 1. The van der Waals surface area contributed by atoms with Gasteiger partial charge in [0.15, 0.2) is 11.4 Å². The van der Waals surface area contributed by atoms with Crippen molar-refractivity contribution in [1.29, 1.82) is 0 Å². The molecule has 0 bridgehead atoms. The number of carbonyl (C=O) groups is 1. The smallest absolute Gasteiger partial charge is 0.223 e. The van der Waals surface area contributed by atoms with Crippen molar-refractivity contribution in [2.75, 3.05) is 37.6 Å². The van der Waals surface area contributed by atoms with E-state index in [1.807, 2.05) is 18.2 Å². The first-order chi connectivity index (χ1) is 15.3. The molecule has 0 spiro atoms. The number of nitrogens with zero attached hydrogens (tertiary/aromatic N) is 3. The van der Waals surface area contributed by atoms with Crippen LogP contribution < -0.4 is 10.2 Å². The molecule has 32 heavy (non-hydrogen) atoms. The van der Waals surface area contributed by atoms with E-state index in [4.69, 9.17) is 16.1 Å². The molecule has 1 aromatic carbocycles. The third-order valence-corrected chi connectivity index (χ3v) is 6.98. The van der Waals surface area contributed by atoms with E-state index in [1.54, 1.807) is 13.8 Å². The molecule has 0 atom stereocenters. The fourth-order valence-corrected chi connectivity index (χ4v) is 5.10. The van der Waals surface area contributed by atoms with Crippen LogP contribution in [0.3, 0.4) is 0 Å². The number of amides is 1. The maximum Gasteiger partial charge on any atom is 0.223 e. The minimum absolute atomic E-state index is 0.0400. The first-order valence-electron chi connectivity index (χ1n) is 11.8. The van der Waals surface area contributed by atoms with E-state index in [0.717, 1.165) is 68.3 Å². The van der Waals surface area contributed by atoms with Crippen molar-refractivity contribution in [3.8, 4) is 0 Å². The lowest BCUT2D eigenvalue weighted by Gasteiger charge is -2.36. The normalized spacial score (nSPS) is 22.9. The predicted octanol–water partition coefficient (Wildman–Crippen LogP) is 3.83. The molecule has 1 amide bonds. The second-order valence-electron chi connectivity index (χ2n) is 10.0. The molecule has 2 heterocycles. The SMILES string of the molecule is CC(C)(O)CC(=O)N[C@H]1CC[C@H](CCN2CCN(c3noc4cc(Cl)ccc34)CC2)CC1. The molecule has 7 nitrogen and oxygen atoms in total. The number of piperazine rings is 1. The van der Waals surface area contributed by atoms with Gasteiger partial charge in [-0.1, -0.05) is 16.8 Å². The quantitative estimate of drug-likeness (QED) is 0.650. The fourth-order valence-electron chi connectivity index (χ4n) is 4.94. The summed E-state index contributed by atoms with van der Waals surface area (Å²) in [5.41, 5.74) is -0.207. The van der Waals surface area contributed by atoms with Crippen molar-refractivity contribution < 1.29 is 14.4 Å². The van der Waals surface area contributed by atoms with E-state index >= 15 is 0 Å². The van der Waals surface area contributed by atoms with Crippen molar-refractivity contribution in [1.82, 2.24) is 15.4 Å². The zero-order valence-electron chi connectivity index (χ0n) is 19.1. The first kappa shape index (κ1) is 23.3. The number of aliphatic hydroxyl groups is 1. The van der Waals surface area contributed by atoms with Gasteiger partial charge in [-0.3, -0.25) is 9.69 Å². The van der Waals surface area contributed by atoms with Crippen LogP contribution in [0.15, 0.2) is 22.7 Å². The number of rotatable bonds is 7. The molecule has 2 aromatic rings. The van der Waals surface area contributed by atoms with E-state index in [2.05, 4.69) is 20.3 Å². The van der Waals surface area contributed by atoms with Crippen LogP contribution in [0.1, 0.15) is 52.4 Å². The minimum Gasteiger partial charge on any atom is -0.390 e. The summed E-state index contributed by atoms with van der Waals surface area (Å²) in [4.78, 5) is 16.9. The lowest BCUT2D eigenvalue weighted by molar-refractivity contribution is -0.125. The van der Waals surface area contributed by atoms with Crippen LogP contribution >= 0.6 is 11.6 Å². The van der Waals surface area contributed by atoms with Crippen LogP contribution in [0, 0.1) is 5.92 Å². The average molecular weight is 463 g/mol. The van der Waals surface area contributed by atoms with Crippen LogP contribution in [0.2, 0.25) is 5.02 Å².